The average Bonchev–Trinajstić information content (AvgIpc) is 2.52. The standard InChI is InChI=1S/C17H15F3N2O/c1-12(2)16(23,14-9-21-11-22-10-14)8-7-13-5-3-4-6-15(13)17(18,19)20/h3-6,9-12,23H,1-2H3. The highest BCUT2D eigenvalue weighted by molar-refractivity contribution is 5.45. The summed E-state index contributed by atoms with van der Waals surface area (Å²) in [7, 11) is 0. The first kappa shape index (κ1) is 17.0. The molecule has 23 heavy (non-hydrogen) atoms. The Bertz CT molecular complexity index is 733. The highest BCUT2D eigenvalue weighted by Gasteiger charge is 2.34. The SMILES string of the molecule is CC(C)C(O)(C#Cc1ccccc1C(F)(F)F)c1cncnc1. The molecule has 1 aromatic carbocycles. The van der Waals surface area contributed by atoms with Gasteiger partial charge >= 0.3 is 6.18 Å². The van der Waals surface area contributed by atoms with Crippen molar-refractivity contribution >= 4 is 0 Å². The van der Waals surface area contributed by atoms with E-state index in [4.69, 9.17) is 0 Å². The van der Waals surface area contributed by atoms with Crippen LogP contribution in [0.15, 0.2) is 43.0 Å². The third-order valence-corrected chi connectivity index (χ3v) is 3.46. The van der Waals surface area contributed by atoms with Crippen molar-refractivity contribution in [3.63, 3.8) is 0 Å². The molecule has 0 fully saturated rings. The number of halogens is 3. The molecule has 0 spiro atoms. The molecule has 6 heteroatoms. The van der Waals surface area contributed by atoms with E-state index in [0.717, 1.165) is 6.07 Å². The molecule has 120 valence electrons. The van der Waals surface area contributed by atoms with Crippen molar-refractivity contribution in [2.24, 2.45) is 5.92 Å². The number of aromatic nitrogens is 2. The summed E-state index contributed by atoms with van der Waals surface area (Å²) in [5, 5.41) is 10.8. The zero-order valence-corrected chi connectivity index (χ0v) is 12.6. The molecular formula is C17H15F3N2O. The van der Waals surface area contributed by atoms with E-state index in [2.05, 4.69) is 21.8 Å². The lowest BCUT2D eigenvalue weighted by Crippen LogP contribution is -2.30. The Kier molecular flexibility index (Phi) is 4.71. The highest BCUT2D eigenvalue weighted by atomic mass is 19.4. The van der Waals surface area contributed by atoms with Gasteiger partial charge in [0.25, 0.3) is 0 Å². The summed E-state index contributed by atoms with van der Waals surface area (Å²) in [5.41, 5.74) is -2.31. The van der Waals surface area contributed by atoms with E-state index in [1.807, 2.05) is 0 Å². The van der Waals surface area contributed by atoms with Gasteiger partial charge in [-0.3, -0.25) is 0 Å². The Hall–Kier alpha value is -2.39. The van der Waals surface area contributed by atoms with Crippen LogP contribution in [0.1, 0.15) is 30.5 Å². The first-order chi connectivity index (χ1) is 10.7. The van der Waals surface area contributed by atoms with Gasteiger partial charge in [-0.15, -0.1) is 0 Å². The van der Waals surface area contributed by atoms with Crippen LogP contribution in [0.4, 0.5) is 13.2 Å². The molecule has 0 aliphatic rings. The van der Waals surface area contributed by atoms with E-state index in [0.29, 0.717) is 5.56 Å². The Balaban J connectivity index is 2.51. The third-order valence-electron chi connectivity index (χ3n) is 3.46. The Morgan fingerprint density at radius 1 is 1.09 bits per heavy atom. The number of hydrogen-bond donors (Lipinski definition) is 1. The maximum atomic E-state index is 13.0. The second kappa shape index (κ2) is 6.39. The Morgan fingerprint density at radius 3 is 2.26 bits per heavy atom. The lowest BCUT2D eigenvalue weighted by molar-refractivity contribution is -0.137. The minimum atomic E-state index is -4.50. The molecule has 1 aromatic heterocycles. The minimum absolute atomic E-state index is 0.184. The zero-order chi connectivity index (χ0) is 17.1. The molecular weight excluding hydrogens is 305 g/mol. The molecule has 0 saturated heterocycles. The van der Waals surface area contributed by atoms with Crippen LogP contribution in [0.5, 0.6) is 0 Å². The van der Waals surface area contributed by atoms with E-state index >= 15 is 0 Å². The van der Waals surface area contributed by atoms with Crippen LogP contribution in [0.3, 0.4) is 0 Å². The molecule has 0 radical (unpaired) electrons. The maximum Gasteiger partial charge on any atom is 0.417 e. The quantitative estimate of drug-likeness (QED) is 0.863. The smallest absolute Gasteiger partial charge is 0.373 e. The summed E-state index contributed by atoms with van der Waals surface area (Å²) in [5.74, 6) is 4.67. The number of nitrogens with zero attached hydrogens (tertiary/aromatic N) is 2. The van der Waals surface area contributed by atoms with Crippen molar-refractivity contribution in [3.8, 4) is 11.8 Å². The first-order valence-electron chi connectivity index (χ1n) is 6.92. The van der Waals surface area contributed by atoms with Gasteiger partial charge in [-0.05, 0) is 18.1 Å². The fraction of sp³-hybridized carbons (Fsp3) is 0.294. The molecule has 1 heterocycles. The Labute approximate surface area is 132 Å². The minimum Gasteiger partial charge on any atom is -0.373 e. The summed E-state index contributed by atoms with van der Waals surface area (Å²) < 4.78 is 39.0. The van der Waals surface area contributed by atoms with Gasteiger partial charge in [-0.25, -0.2) is 9.97 Å². The molecule has 1 atom stereocenters. The lowest BCUT2D eigenvalue weighted by atomic mass is 9.85. The van der Waals surface area contributed by atoms with E-state index in [9.17, 15) is 18.3 Å². The van der Waals surface area contributed by atoms with Gasteiger partial charge in [0, 0.05) is 23.5 Å². The van der Waals surface area contributed by atoms with Crippen molar-refractivity contribution in [1.82, 2.24) is 9.97 Å². The molecule has 0 saturated carbocycles. The van der Waals surface area contributed by atoms with Crippen molar-refractivity contribution in [3.05, 3.63) is 59.7 Å². The van der Waals surface area contributed by atoms with Gasteiger partial charge in [0.1, 0.15) is 6.33 Å². The molecule has 0 bridgehead atoms. The lowest BCUT2D eigenvalue weighted by Gasteiger charge is -2.26. The molecule has 3 nitrogen and oxygen atoms in total. The topological polar surface area (TPSA) is 46.0 Å². The predicted molar refractivity (Wildman–Crippen MR) is 79.1 cm³/mol. The van der Waals surface area contributed by atoms with Crippen molar-refractivity contribution in [1.29, 1.82) is 0 Å². The largest absolute Gasteiger partial charge is 0.417 e. The molecule has 0 aliphatic carbocycles. The summed E-state index contributed by atoms with van der Waals surface area (Å²) >= 11 is 0. The zero-order valence-electron chi connectivity index (χ0n) is 12.6. The number of rotatable bonds is 2. The van der Waals surface area contributed by atoms with E-state index in [-0.39, 0.29) is 11.5 Å². The second-order valence-corrected chi connectivity index (χ2v) is 5.34. The van der Waals surface area contributed by atoms with Crippen molar-refractivity contribution in [2.75, 3.05) is 0 Å². The number of hydrogen-bond acceptors (Lipinski definition) is 3. The maximum absolute atomic E-state index is 13.0. The monoisotopic (exact) mass is 320 g/mol. The van der Waals surface area contributed by atoms with Crippen LogP contribution >= 0.6 is 0 Å². The first-order valence-corrected chi connectivity index (χ1v) is 6.92. The summed E-state index contributed by atoms with van der Waals surface area (Å²) in [6.07, 6.45) is -0.400. The fourth-order valence-electron chi connectivity index (χ4n) is 2.05. The molecule has 0 aliphatic heterocycles. The van der Waals surface area contributed by atoms with Crippen LogP contribution in [0, 0.1) is 17.8 Å². The molecule has 1 N–H and O–H groups in total. The van der Waals surface area contributed by atoms with Crippen LogP contribution in [0.25, 0.3) is 0 Å². The average molecular weight is 320 g/mol. The van der Waals surface area contributed by atoms with Crippen LogP contribution in [0.2, 0.25) is 0 Å². The van der Waals surface area contributed by atoms with Crippen LogP contribution < -0.4 is 0 Å². The number of alkyl halides is 3. The van der Waals surface area contributed by atoms with Gasteiger partial charge in [-0.2, -0.15) is 13.2 Å². The summed E-state index contributed by atoms with van der Waals surface area (Å²) in [4.78, 5) is 7.65. The van der Waals surface area contributed by atoms with Crippen LogP contribution in [-0.2, 0) is 11.8 Å². The molecule has 2 rings (SSSR count). The van der Waals surface area contributed by atoms with Gasteiger partial charge < -0.3 is 5.11 Å². The van der Waals surface area contributed by atoms with E-state index in [1.165, 1.54) is 36.9 Å². The second-order valence-electron chi connectivity index (χ2n) is 5.34. The highest BCUT2D eigenvalue weighted by Crippen LogP contribution is 2.32. The number of benzene rings is 1. The van der Waals surface area contributed by atoms with Gasteiger partial charge in [0.2, 0.25) is 0 Å². The van der Waals surface area contributed by atoms with E-state index < -0.39 is 17.3 Å². The molecule has 1 unspecified atom stereocenters. The Morgan fingerprint density at radius 2 is 1.70 bits per heavy atom. The van der Waals surface area contributed by atoms with Gasteiger partial charge in [0.05, 0.1) is 5.56 Å². The fourth-order valence-corrected chi connectivity index (χ4v) is 2.05. The number of aliphatic hydroxyl groups is 1. The van der Waals surface area contributed by atoms with Crippen molar-refractivity contribution in [2.45, 2.75) is 25.6 Å². The normalized spacial score (nSPS) is 14.0. The summed E-state index contributed by atoms with van der Waals surface area (Å²) in [6, 6.07) is 5.01. The predicted octanol–water partition coefficient (Wildman–Crippen LogP) is 3.39. The summed E-state index contributed by atoms with van der Waals surface area (Å²) in [6.45, 7) is 3.44. The van der Waals surface area contributed by atoms with Gasteiger partial charge in [0.15, 0.2) is 5.60 Å². The van der Waals surface area contributed by atoms with Crippen molar-refractivity contribution < 1.29 is 18.3 Å². The van der Waals surface area contributed by atoms with Crippen LogP contribution in [-0.4, -0.2) is 15.1 Å². The van der Waals surface area contributed by atoms with Gasteiger partial charge in [-0.1, -0.05) is 37.8 Å². The molecule has 0 amide bonds. The molecule has 2 aromatic rings. The van der Waals surface area contributed by atoms with E-state index in [1.54, 1.807) is 13.8 Å². The third kappa shape index (κ3) is 3.69.